The molecule has 0 aromatic carbocycles. The molecule has 27 N–H and O–H groups in total. The van der Waals surface area contributed by atoms with Gasteiger partial charge in [0, 0.05) is 27.2 Å². The summed E-state index contributed by atoms with van der Waals surface area (Å²) in [6, 6.07) is -5.65. The van der Waals surface area contributed by atoms with E-state index in [4.69, 9.17) is 71.1 Å². The van der Waals surface area contributed by atoms with Crippen molar-refractivity contribution in [3.63, 3.8) is 0 Å². The number of hydrogen-bond donors (Lipinski definition) is 27. The standard InChI is InChI=1S/C57H95N3O43/c1-13-28(73)34(79)37(82)52(89-13)99-45-27(60-16(4)70)51(94-23(11-66)42(45)98-54-39(84)47(32(77)21(9-64)93-54)103-57(56(87)88)5-17(71)25(58-14(2)68)44(102-57)29(74)18(72)6-61)100-46-31(76)20(8-63)92-53(38(46)83)101-48-40(85)55(96-41-22(10-65)90-49(86)36(81)35(41)80)95-24(12-67)43(48)97-50-26(59-15(3)69)33(78)30(75)19(7-62)91-50/h13,17-55,61-67,71-86H,5-12H2,1-4H3,(H,58,68)(H,59,69)(H,60,70)(H,87,88)/t13-,17-,18+,19+,20+,21+,22+,23+,24+,25+,26+,27+,28+,29+,30-,31-,32-,33+,34+,35+,36+,37-,38+,39+,40+,41+,42+,43-,44+,45+,46-,47-,48+,49+,50-,51-,52-,53+,54-,55-,57-/m0/s1. The van der Waals surface area contributed by atoms with Crippen molar-refractivity contribution in [1.82, 2.24) is 16.0 Å². The van der Waals surface area contributed by atoms with Crippen LogP contribution in [0.15, 0.2) is 0 Å². The maximum absolute atomic E-state index is 13.5. The van der Waals surface area contributed by atoms with Crippen LogP contribution in [-0.4, -0.2) is 444 Å². The first-order chi connectivity index (χ1) is 48.5. The number of carbonyl (C=O) groups excluding carboxylic acids is 3. The number of carbonyl (C=O) groups is 4. The van der Waals surface area contributed by atoms with Gasteiger partial charge in [0.25, 0.3) is 5.79 Å². The quantitative estimate of drug-likeness (QED) is 0.0363. The predicted molar refractivity (Wildman–Crippen MR) is 315 cm³/mol. The fourth-order valence-electron chi connectivity index (χ4n) is 13.3. The molecule has 0 unspecified atom stereocenters. The van der Waals surface area contributed by atoms with E-state index in [0.717, 1.165) is 20.8 Å². The summed E-state index contributed by atoms with van der Waals surface area (Å²) in [6.07, 6.45) is -80.8. The first-order valence-corrected chi connectivity index (χ1v) is 32.6. The third kappa shape index (κ3) is 18.3. The average Bonchev–Trinajstić information content (AvgIpc) is 0.756. The van der Waals surface area contributed by atoms with Crippen LogP contribution in [0, 0.1) is 0 Å². The van der Waals surface area contributed by atoms with E-state index in [2.05, 4.69) is 16.0 Å². The lowest BCUT2D eigenvalue weighted by Crippen LogP contribution is -2.72. The highest BCUT2D eigenvalue weighted by Crippen LogP contribution is 2.42. The van der Waals surface area contributed by atoms with Gasteiger partial charge in [0.2, 0.25) is 17.7 Å². The monoisotopic (exact) mass is 1510 g/mol. The molecule has 0 aromatic heterocycles. The molecule has 8 rings (SSSR count). The van der Waals surface area contributed by atoms with Gasteiger partial charge in [0.15, 0.2) is 44.0 Å². The van der Waals surface area contributed by atoms with E-state index in [-0.39, 0.29) is 0 Å². The highest BCUT2D eigenvalue weighted by molar-refractivity contribution is 5.77. The summed E-state index contributed by atoms with van der Waals surface area (Å²) >= 11 is 0. The Morgan fingerprint density at radius 3 is 1.33 bits per heavy atom. The van der Waals surface area contributed by atoms with Crippen molar-refractivity contribution in [3.05, 3.63) is 0 Å². The molecule has 596 valence electrons. The Labute approximate surface area is 582 Å². The SMILES string of the molecule is CC(=O)N[C@H]1[C@H](O[C@@H]2[C@H](O[C@H]3O[C@H](CO)[C@H](O)[C@H](O[C@@H]4O[C@H](CO)[C@@H](O[C@@H]5O[C@H](CO)[C@H](O)[C@H](O[C@]6(C(=O)O)C[C@H](O)[C@@H](NC(C)=O)[C@H]([C@H](O)[C@H](O)CO)O6)[C@H]5O)[C@H](O[C@@H]5O[C@@H](C)[C@@H](O)[C@@H](O)[C@@H]5O)[C@H]4NC(C)=O)[C@H]3O)[C@@H](O)[C@H](O[C@H]3[C@H](O)[C@@H](O)[C@H](O)O[C@@H]3CO)O[C@@H]2CO)O[C@H](CO)[C@H](O)[C@@H]1O. The number of carboxylic acids is 1. The van der Waals surface area contributed by atoms with Crippen LogP contribution < -0.4 is 16.0 Å². The minimum absolute atomic E-state index is 0.869. The Balaban J connectivity index is 1.16. The summed E-state index contributed by atoms with van der Waals surface area (Å²) in [6.45, 7) is -4.24. The summed E-state index contributed by atoms with van der Waals surface area (Å²) in [4.78, 5) is 51.6. The van der Waals surface area contributed by atoms with Gasteiger partial charge in [0.05, 0.1) is 64.5 Å². The number of aliphatic hydroxyl groups excluding tert-OH is 23. The van der Waals surface area contributed by atoms with Gasteiger partial charge in [-0.15, -0.1) is 0 Å². The van der Waals surface area contributed by atoms with Crippen molar-refractivity contribution in [3.8, 4) is 0 Å². The first kappa shape index (κ1) is 85.0. The molecule has 41 atom stereocenters. The molecule has 8 aliphatic rings. The van der Waals surface area contributed by atoms with Crippen LogP contribution in [0.25, 0.3) is 0 Å². The zero-order valence-corrected chi connectivity index (χ0v) is 55.2. The number of hydrogen-bond acceptors (Lipinski definition) is 42. The molecule has 0 radical (unpaired) electrons. The second-order valence-electron chi connectivity index (χ2n) is 26.0. The molecular weight excluding hydrogens is 1410 g/mol. The van der Waals surface area contributed by atoms with Crippen LogP contribution in [-0.2, 0) is 90.2 Å². The maximum Gasteiger partial charge on any atom is 0.364 e. The number of rotatable bonds is 27. The van der Waals surface area contributed by atoms with E-state index < -0.39 is 327 Å². The zero-order valence-electron chi connectivity index (χ0n) is 55.2. The van der Waals surface area contributed by atoms with Crippen LogP contribution in [0.4, 0.5) is 0 Å². The summed E-state index contributed by atoms with van der Waals surface area (Å²) in [5.74, 6) is -8.29. The van der Waals surface area contributed by atoms with Crippen LogP contribution in [0.3, 0.4) is 0 Å². The third-order valence-corrected chi connectivity index (χ3v) is 18.8. The Morgan fingerprint density at radius 2 is 0.796 bits per heavy atom. The minimum Gasteiger partial charge on any atom is -0.477 e. The lowest BCUT2D eigenvalue weighted by atomic mass is 9.88. The minimum atomic E-state index is -3.33. The molecule has 8 fully saturated rings. The van der Waals surface area contributed by atoms with E-state index in [1.165, 1.54) is 6.92 Å². The van der Waals surface area contributed by atoms with Gasteiger partial charge in [-0.2, -0.15) is 0 Å². The molecule has 46 heteroatoms. The van der Waals surface area contributed by atoms with E-state index in [0.29, 0.717) is 0 Å². The van der Waals surface area contributed by atoms with Crippen LogP contribution in [0.2, 0.25) is 0 Å². The number of ether oxygens (including phenoxy) is 15. The van der Waals surface area contributed by atoms with E-state index in [9.17, 15) is 142 Å². The van der Waals surface area contributed by atoms with Gasteiger partial charge in [-0.1, -0.05) is 0 Å². The Morgan fingerprint density at radius 1 is 0.398 bits per heavy atom. The van der Waals surface area contributed by atoms with Crippen LogP contribution in [0.5, 0.6) is 0 Å². The van der Waals surface area contributed by atoms with Gasteiger partial charge < -0.3 is 210 Å². The Bertz CT molecular complexity index is 2730. The van der Waals surface area contributed by atoms with Crippen molar-refractivity contribution < 1.29 is 213 Å². The molecule has 0 spiro atoms. The van der Waals surface area contributed by atoms with Crippen LogP contribution in [0.1, 0.15) is 34.1 Å². The summed E-state index contributed by atoms with van der Waals surface area (Å²) < 4.78 is 88.8. The molecule has 3 amide bonds. The number of carboxylic acid groups (broad SMARTS) is 1. The summed E-state index contributed by atoms with van der Waals surface area (Å²) in [5, 5.41) is 272. The lowest BCUT2D eigenvalue weighted by molar-refractivity contribution is -0.405. The predicted octanol–water partition coefficient (Wildman–Crippen LogP) is -17.8. The van der Waals surface area contributed by atoms with Gasteiger partial charge in [-0.3, -0.25) is 14.4 Å². The second kappa shape index (κ2) is 36.3. The summed E-state index contributed by atoms with van der Waals surface area (Å²) in [5.41, 5.74) is 0. The molecule has 8 saturated heterocycles. The normalized spacial score (nSPS) is 48.3. The molecular formula is C57H95N3O43. The largest absolute Gasteiger partial charge is 0.477 e. The number of aliphatic hydroxyl groups is 23. The molecule has 0 aromatic rings. The van der Waals surface area contributed by atoms with Gasteiger partial charge >= 0.3 is 5.97 Å². The third-order valence-electron chi connectivity index (χ3n) is 18.8. The zero-order chi connectivity index (χ0) is 76.3. The first-order valence-electron chi connectivity index (χ1n) is 32.6. The number of aliphatic carboxylic acids is 1. The van der Waals surface area contributed by atoms with E-state index in [1.54, 1.807) is 0 Å². The van der Waals surface area contributed by atoms with Crippen molar-refractivity contribution in [2.75, 3.05) is 46.2 Å². The Kier molecular flexibility index (Phi) is 29.9. The van der Waals surface area contributed by atoms with Gasteiger partial charge in [0.1, 0.15) is 183 Å². The average molecular weight is 1510 g/mol. The molecule has 46 nitrogen and oxygen atoms in total. The highest BCUT2D eigenvalue weighted by atomic mass is 16.8. The van der Waals surface area contributed by atoms with E-state index >= 15 is 0 Å². The number of nitrogens with one attached hydrogen (secondary N) is 3. The molecule has 8 aliphatic heterocycles. The van der Waals surface area contributed by atoms with Crippen molar-refractivity contribution in [2.45, 2.75) is 285 Å². The maximum atomic E-state index is 13.5. The number of amides is 3. The van der Waals surface area contributed by atoms with Gasteiger partial charge in [-0.25, -0.2) is 4.79 Å². The molecule has 0 aliphatic carbocycles. The lowest BCUT2D eigenvalue weighted by Gasteiger charge is -2.52. The van der Waals surface area contributed by atoms with Crippen molar-refractivity contribution in [1.29, 1.82) is 0 Å². The summed E-state index contributed by atoms with van der Waals surface area (Å²) in [7, 11) is 0. The Hall–Kier alpha value is -3.64. The second-order valence-corrected chi connectivity index (χ2v) is 26.0. The fourth-order valence-corrected chi connectivity index (χ4v) is 13.3. The fraction of sp³-hybridized carbons (Fsp3) is 0.930. The molecule has 0 bridgehead atoms. The molecule has 103 heavy (non-hydrogen) atoms. The van der Waals surface area contributed by atoms with E-state index in [1.807, 2.05) is 0 Å². The van der Waals surface area contributed by atoms with Gasteiger partial charge in [-0.05, 0) is 6.92 Å². The molecule has 0 saturated carbocycles. The van der Waals surface area contributed by atoms with Crippen molar-refractivity contribution >= 4 is 23.7 Å². The topological polar surface area (TPSA) is 728 Å². The smallest absolute Gasteiger partial charge is 0.364 e. The highest BCUT2D eigenvalue weighted by Gasteiger charge is 2.63. The van der Waals surface area contributed by atoms with Crippen molar-refractivity contribution in [2.24, 2.45) is 0 Å². The molecule has 8 heterocycles. The van der Waals surface area contributed by atoms with Crippen LogP contribution >= 0.6 is 0 Å².